The summed E-state index contributed by atoms with van der Waals surface area (Å²) in [6.45, 7) is 0. The van der Waals surface area contributed by atoms with Crippen molar-refractivity contribution in [3.63, 3.8) is 0 Å². The third kappa shape index (κ3) is 5.86. The number of nitro benzene ring substituents is 1. The van der Waals surface area contributed by atoms with E-state index in [1.807, 2.05) is 0 Å². The maximum Gasteiger partial charge on any atom is 1.00 e. The Hall–Kier alpha value is -2.79. The van der Waals surface area contributed by atoms with E-state index in [1.54, 1.807) is 18.2 Å². The molecule has 132 valence electrons. The minimum absolute atomic E-state index is 0. The Morgan fingerprint density at radius 3 is 2.21 bits per heavy atom. The minimum atomic E-state index is -0.789. The van der Waals surface area contributed by atoms with Crippen molar-refractivity contribution in [3.05, 3.63) is 92.9 Å². The molecule has 0 heterocycles. The third-order valence-corrected chi connectivity index (χ3v) is 3.43. The van der Waals surface area contributed by atoms with Crippen LogP contribution in [0.2, 0.25) is 0 Å². The molecule has 2 N–H and O–H groups in total. The van der Waals surface area contributed by atoms with Crippen LogP contribution in [0.4, 0.5) is 5.69 Å². The number of nitrogens with zero attached hydrogens (tertiary/aromatic N) is 3. The number of carbonyl (C=O) groups excluding carboxylic acids is 1. The van der Waals surface area contributed by atoms with E-state index in [0.29, 0.717) is 0 Å². The fourth-order valence-corrected chi connectivity index (χ4v) is 2.14. The summed E-state index contributed by atoms with van der Waals surface area (Å²) in [5, 5.41) is 41.7. The Bertz CT molecular complexity index is 1020. The van der Waals surface area contributed by atoms with E-state index in [4.69, 9.17) is 10.5 Å². The van der Waals surface area contributed by atoms with Gasteiger partial charge < -0.3 is 10.4 Å². The van der Waals surface area contributed by atoms with Crippen LogP contribution < -0.4 is 56.7 Å². The van der Waals surface area contributed by atoms with E-state index in [1.165, 1.54) is 48.5 Å². The summed E-state index contributed by atoms with van der Waals surface area (Å²) < 4.78 is 0. The molecule has 2 rings (SSSR count). The van der Waals surface area contributed by atoms with Crippen molar-refractivity contribution in [3.8, 4) is 12.1 Å². The molecule has 1 amide bonds. The number of aliphatic hydroxyl groups is 1. The summed E-state index contributed by atoms with van der Waals surface area (Å²) in [6.07, 6.45) is 1.13. The largest absolute Gasteiger partial charge is 1.00 e. The molecule has 0 atom stereocenters. The van der Waals surface area contributed by atoms with Crippen LogP contribution in [0.25, 0.3) is 6.08 Å². The summed E-state index contributed by atoms with van der Waals surface area (Å²) >= 11 is 0. The minimum Gasteiger partial charge on any atom is -0.504 e. The van der Waals surface area contributed by atoms with Crippen molar-refractivity contribution in [1.82, 2.24) is 5.32 Å². The molecule has 2 aromatic carbocycles. The molecule has 0 aromatic heterocycles. The zero-order chi connectivity index (χ0) is 19.8. The van der Waals surface area contributed by atoms with Crippen molar-refractivity contribution in [1.29, 1.82) is 10.5 Å². The van der Waals surface area contributed by atoms with Crippen LogP contribution in [0, 0.1) is 32.8 Å². The van der Waals surface area contributed by atoms with Crippen LogP contribution in [0.15, 0.2) is 71.6 Å². The molecule has 0 bridgehead atoms. The Kier molecular flexibility index (Phi) is 9.25. The quantitative estimate of drug-likeness (QED) is 0.184. The molecule has 2 aromatic rings. The predicted molar refractivity (Wildman–Crippen MR) is 95.9 cm³/mol. The number of nitro groups is 1. The number of allylic oxidation sites excluding steroid dienone is 1. The number of benzene rings is 2. The smallest absolute Gasteiger partial charge is 0.504 e. The molecule has 0 radical (unpaired) electrons. The van der Waals surface area contributed by atoms with Gasteiger partial charge in [-0.3, -0.25) is 14.9 Å². The fraction of sp³-hybridized carbons (Fsp3) is 0. The molecule has 0 aliphatic heterocycles. The predicted octanol–water partition coefficient (Wildman–Crippen LogP) is 0.229. The molecule has 9 heteroatoms. The monoisotopic (exact) mass is 399 g/mol. The molecule has 0 saturated heterocycles. The zero-order valence-corrected chi connectivity index (χ0v) is 17.9. The fourth-order valence-electron chi connectivity index (χ4n) is 2.14. The van der Waals surface area contributed by atoms with Crippen LogP contribution >= 0.6 is 0 Å². The van der Waals surface area contributed by atoms with E-state index in [9.17, 15) is 20.0 Å². The number of para-hydroxylation sites is 1. The number of hydrogen-bond acceptors (Lipinski definition) is 6. The molecule has 28 heavy (non-hydrogen) atoms. The van der Waals surface area contributed by atoms with Gasteiger partial charge in [-0.05, 0) is 24.3 Å². The third-order valence-electron chi connectivity index (χ3n) is 3.43. The summed E-state index contributed by atoms with van der Waals surface area (Å²) in [7, 11) is 0. The van der Waals surface area contributed by atoms with Gasteiger partial charge in [0.2, 0.25) is 0 Å². The van der Waals surface area contributed by atoms with Crippen LogP contribution in [0.5, 0.6) is 0 Å². The zero-order valence-electron chi connectivity index (χ0n) is 14.8. The van der Waals surface area contributed by atoms with E-state index < -0.39 is 22.2 Å². The van der Waals surface area contributed by atoms with Gasteiger partial charge in [-0.1, -0.05) is 30.3 Å². The number of amides is 1. The maximum atomic E-state index is 12.4. The van der Waals surface area contributed by atoms with Gasteiger partial charge >= 0.3 is 51.4 Å². The molecule has 0 aliphatic rings. The van der Waals surface area contributed by atoms with Crippen LogP contribution in [-0.2, 0) is 0 Å². The second-order valence-corrected chi connectivity index (χ2v) is 5.14. The maximum absolute atomic E-state index is 12.4. The number of rotatable bonds is 5. The molecule has 0 aliphatic carbocycles. The van der Waals surface area contributed by atoms with Crippen molar-refractivity contribution >= 4 is 17.7 Å². The van der Waals surface area contributed by atoms with Crippen LogP contribution in [0.1, 0.15) is 15.9 Å². The van der Waals surface area contributed by atoms with Gasteiger partial charge in [0.25, 0.3) is 11.6 Å². The average molecular weight is 399 g/mol. The SMILES string of the molecule is N#CC(C#N)=C(O)/C(=C/c1ccccc1[N+](=O)[O-])NC(=O)c1ccccc1.[K+]. The summed E-state index contributed by atoms with van der Waals surface area (Å²) in [4.78, 5) is 22.9. The van der Waals surface area contributed by atoms with E-state index >= 15 is 0 Å². The molecule has 0 saturated carbocycles. The molecule has 0 fully saturated rings. The van der Waals surface area contributed by atoms with Crippen molar-refractivity contribution < 1.29 is 66.2 Å². The van der Waals surface area contributed by atoms with Gasteiger partial charge in [-0.15, -0.1) is 0 Å². The van der Waals surface area contributed by atoms with Crippen LogP contribution in [0.3, 0.4) is 0 Å². The number of aliphatic hydroxyl groups excluding tert-OH is 1. The molecular formula is C19H12KN4O4+. The Balaban J connectivity index is 0.00000392. The van der Waals surface area contributed by atoms with Crippen LogP contribution in [-0.4, -0.2) is 15.9 Å². The molecule has 0 unspecified atom stereocenters. The number of carbonyl (C=O) groups is 1. The molecule has 8 nitrogen and oxygen atoms in total. The number of nitriles is 2. The number of nitrogens with one attached hydrogen (secondary N) is 1. The topological polar surface area (TPSA) is 140 Å². The van der Waals surface area contributed by atoms with Crippen molar-refractivity contribution in [2.75, 3.05) is 0 Å². The standard InChI is InChI=1S/C19H12N4O4.K/c20-11-15(12-21)18(24)16(22-19(25)13-6-2-1-3-7-13)10-14-8-4-5-9-17(14)23(26)27;/h1-10,24H,(H,22,25);/q;+1/b16-10-;. The van der Waals surface area contributed by atoms with Gasteiger partial charge in [-0.2, -0.15) is 10.5 Å². The van der Waals surface area contributed by atoms with Gasteiger partial charge in [0, 0.05) is 11.6 Å². The van der Waals surface area contributed by atoms with Crippen molar-refractivity contribution in [2.24, 2.45) is 0 Å². The van der Waals surface area contributed by atoms with E-state index in [-0.39, 0.29) is 73.9 Å². The first-order chi connectivity index (χ1) is 13.0. The van der Waals surface area contributed by atoms with E-state index in [0.717, 1.165) is 6.08 Å². The second kappa shape index (κ2) is 11.1. The first-order valence-electron chi connectivity index (χ1n) is 7.53. The number of hydrogen-bond donors (Lipinski definition) is 2. The first kappa shape index (κ1) is 23.2. The summed E-state index contributed by atoms with van der Waals surface area (Å²) in [5.41, 5.74) is -0.890. The van der Waals surface area contributed by atoms with Crippen molar-refractivity contribution in [2.45, 2.75) is 0 Å². The molecule has 0 spiro atoms. The van der Waals surface area contributed by atoms with E-state index in [2.05, 4.69) is 5.32 Å². The first-order valence-corrected chi connectivity index (χ1v) is 7.53. The van der Waals surface area contributed by atoms with Gasteiger partial charge in [-0.25, -0.2) is 0 Å². The second-order valence-electron chi connectivity index (χ2n) is 5.14. The Morgan fingerprint density at radius 1 is 1.07 bits per heavy atom. The van der Waals surface area contributed by atoms with Gasteiger partial charge in [0.15, 0.2) is 11.3 Å². The van der Waals surface area contributed by atoms with Gasteiger partial charge in [0.1, 0.15) is 12.1 Å². The summed E-state index contributed by atoms with van der Waals surface area (Å²) in [6, 6.07) is 16.7. The van der Waals surface area contributed by atoms with Gasteiger partial charge in [0.05, 0.1) is 16.2 Å². The normalized spacial score (nSPS) is 9.86. The average Bonchev–Trinajstić information content (AvgIpc) is 2.69. The molecular weight excluding hydrogens is 387 g/mol. The Morgan fingerprint density at radius 2 is 1.64 bits per heavy atom. The Labute approximate surface area is 203 Å². The summed E-state index contributed by atoms with van der Waals surface area (Å²) in [5.74, 6) is -1.41.